The molecule has 0 atom stereocenters. The summed E-state index contributed by atoms with van der Waals surface area (Å²) in [5.74, 6) is 0.286. The summed E-state index contributed by atoms with van der Waals surface area (Å²) < 4.78 is 0. The van der Waals surface area contributed by atoms with Crippen LogP contribution < -0.4 is 10.2 Å². The number of rotatable bonds is 5. The van der Waals surface area contributed by atoms with Crippen LogP contribution in [0, 0.1) is 20.8 Å². The third-order valence-corrected chi connectivity index (χ3v) is 4.55. The SMILES string of the molecule is CCN(c1ccccc1)c1nc(C)cc(C(=O)Nc2cccc(C)c2C)n1. The first-order chi connectivity index (χ1) is 13.0. The van der Waals surface area contributed by atoms with Crippen molar-refractivity contribution in [3.05, 3.63) is 77.1 Å². The lowest BCUT2D eigenvalue weighted by atomic mass is 10.1. The van der Waals surface area contributed by atoms with E-state index in [9.17, 15) is 4.79 Å². The lowest BCUT2D eigenvalue weighted by molar-refractivity contribution is 0.102. The van der Waals surface area contributed by atoms with Crippen LogP contribution in [0.25, 0.3) is 0 Å². The number of hydrogen-bond donors (Lipinski definition) is 1. The molecule has 0 unspecified atom stereocenters. The quantitative estimate of drug-likeness (QED) is 0.709. The van der Waals surface area contributed by atoms with Gasteiger partial charge in [0.05, 0.1) is 0 Å². The number of aryl methyl sites for hydroxylation is 2. The Kier molecular flexibility index (Phi) is 5.50. The van der Waals surface area contributed by atoms with E-state index >= 15 is 0 Å². The molecular weight excluding hydrogens is 336 g/mol. The van der Waals surface area contributed by atoms with Gasteiger partial charge in [-0.05, 0) is 63.1 Å². The fraction of sp³-hybridized carbons (Fsp3) is 0.227. The Balaban J connectivity index is 1.93. The molecule has 3 rings (SSSR count). The molecule has 0 fully saturated rings. The maximum Gasteiger partial charge on any atom is 0.274 e. The number of nitrogens with zero attached hydrogens (tertiary/aromatic N) is 3. The van der Waals surface area contributed by atoms with E-state index in [2.05, 4.69) is 15.3 Å². The van der Waals surface area contributed by atoms with Crippen molar-refractivity contribution in [2.45, 2.75) is 27.7 Å². The minimum atomic E-state index is -0.237. The lowest BCUT2D eigenvalue weighted by Gasteiger charge is -2.21. The first-order valence-corrected chi connectivity index (χ1v) is 9.05. The van der Waals surface area contributed by atoms with E-state index in [1.165, 1.54) is 0 Å². The van der Waals surface area contributed by atoms with Gasteiger partial charge in [-0.15, -0.1) is 0 Å². The fourth-order valence-corrected chi connectivity index (χ4v) is 2.91. The molecule has 3 aromatic rings. The highest BCUT2D eigenvalue weighted by Gasteiger charge is 2.16. The maximum absolute atomic E-state index is 12.8. The zero-order valence-electron chi connectivity index (χ0n) is 16.2. The Morgan fingerprint density at radius 1 is 1.00 bits per heavy atom. The van der Waals surface area contributed by atoms with Crippen molar-refractivity contribution in [3.8, 4) is 0 Å². The first-order valence-electron chi connectivity index (χ1n) is 9.05. The van der Waals surface area contributed by atoms with Crippen molar-refractivity contribution in [1.82, 2.24) is 9.97 Å². The summed E-state index contributed by atoms with van der Waals surface area (Å²) in [7, 11) is 0. The summed E-state index contributed by atoms with van der Waals surface area (Å²) in [6.07, 6.45) is 0. The van der Waals surface area contributed by atoms with E-state index in [0.717, 1.165) is 28.2 Å². The number of nitrogens with one attached hydrogen (secondary N) is 1. The monoisotopic (exact) mass is 360 g/mol. The minimum absolute atomic E-state index is 0.237. The van der Waals surface area contributed by atoms with Crippen LogP contribution >= 0.6 is 0 Å². The van der Waals surface area contributed by atoms with Gasteiger partial charge in [-0.1, -0.05) is 30.3 Å². The molecule has 1 N–H and O–H groups in total. The number of aromatic nitrogens is 2. The van der Waals surface area contributed by atoms with E-state index in [1.807, 2.05) is 81.1 Å². The standard InChI is InChI=1S/C22H24N4O/c1-5-26(18-11-7-6-8-12-18)22-23-16(3)14-20(25-22)21(27)24-19-13-9-10-15(2)17(19)4/h6-14H,5H2,1-4H3,(H,24,27). The number of anilines is 3. The van der Waals surface area contributed by atoms with Crippen molar-refractivity contribution in [1.29, 1.82) is 0 Å². The summed E-state index contributed by atoms with van der Waals surface area (Å²) in [4.78, 5) is 23.9. The molecule has 2 aromatic carbocycles. The molecule has 27 heavy (non-hydrogen) atoms. The van der Waals surface area contributed by atoms with Crippen LogP contribution in [0.1, 0.15) is 34.2 Å². The Labute approximate surface area is 160 Å². The molecule has 1 aromatic heterocycles. The third kappa shape index (κ3) is 4.14. The Bertz CT molecular complexity index is 954. The zero-order chi connectivity index (χ0) is 19.4. The van der Waals surface area contributed by atoms with Gasteiger partial charge in [-0.2, -0.15) is 0 Å². The summed E-state index contributed by atoms with van der Waals surface area (Å²) in [5.41, 5.74) is 5.08. The van der Waals surface area contributed by atoms with Gasteiger partial charge in [0.1, 0.15) is 5.69 Å². The summed E-state index contributed by atoms with van der Waals surface area (Å²) in [6.45, 7) is 8.63. The van der Waals surface area contributed by atoms with Gasteiger partial charge in [0.15, 0.2) is 0 Å². The second-order valence-electron chi connectivity index (χ2n) is 6.48. The van der Waals surface area contributed by atoms with Crippen molar-refractivity contribution in [2.75, 3.05) is 16.8 Å². The van der Waals surface area contributed by atoms with E-state index in [1.54, 1.807) is 6.07 Å². The third-order valence-electron chi connectivity index (χ3n) is 4.55. The summed E-state index contributed by atoms with van der Waals surface area (Å²) >= 11 is 0. The van der Waals surface area contributed by atoms with Crippen molar-refractivity contribution >= 4 is 23.2 Å². The predicted molar refractivity (Wildman–Crippen MR) is 110 cm³/mol. The van der Waals surface area contributed by atoms with Gasteiger partial charge in [-0.3, -0.25) is 4.79 Å². The first kappa shape index (κ1) is 18.6. The number of carbonyl (C=O) groups excluding carboxylic acids is 1. The smallest absolute Gasteiger partial charge is 0.274 e. The van der Waals surface area contributed by atoms with E-state index in [0.29, 0.717) is 18.2 Å². The molecule has 5 heteroatoms. The minimum Gasteiger partial charge on any atom is -0.320 e. The van der Waals surface area contributed by atoms with Crippen LogP contribution in [0.15, 0.2) is 54.6 Å². The second-order valence-corrected chi connectivity index (χ2v) is 6.48. The molecule has 0 aliphatic rings. The second kappa shape index (κ2) is 7.99. The maximum atomic E-state index is 12.8. The molecule has 0 saturated heterocycles. The van der Waals surface area contributed by atoms with Crippen molar-refractivity contribution in [3.63, 3.8) is 0 Å². The number of carbonyl (C=O) groups is 1. The number of benzene rings is 2. The molecule has 0 aliphatic heterocycles. The highest BCUT2D eigenvalue weighted by Crippen LogP contribution is 2.23. The molecule has 1 amide bonds. The molecule has 0 spiro atoms. The Hall–Kier alpha value is -3.21. The van der Waals surface area contributed by atoms with Crippen LogP contribution in [-0.2, 0) is 0 Å². The van der Waals surface area contributed by atoms with Gasteiger partial charge in [0.2, 0.25) is 5.95 Å². The average Bonchev–Trinajstić information content (AvgIpc) is 2.66. The van der Waals surface area contributed by atoms with Crippen LogP contribution in [-0.4, -0.2) is 22.4 Å². The van der Waals surface area contributed by atoms with E-state index in [4.69, 9.17) is 0 Å². The van der Waals surface area contributed by atoms with Crippen LogP contribution in [0.4, 0.5) is 17.3 Å². The average molecular weight is 360 g/mol. The summed E-state index contributed by atoms with van der Waals surface area (Å²) in [6, 6.07) is 17.5. The number of hydrogen-bond acceptors (Lipinski definition) is 4. The van der Waals surface area contributed by atoms with Gasteiger partial charge in [0, 0.05) is 23.6 Å². The van der Waals surface area contributed by atoms with E-state index < -0.39 is 0 Å². The number of para-hydroxylation sites is 1. The lowest BCUT2D eigenvalue weighted by Crippen LogP contribution is -2.22. The predicted octanol–water partition coefficient (Wildman–Crippen LogP) is 4.81. The van der Waals surface area contributed by atoms with Crippen LogP contribution in [0.2, 0.25) is 0 Å². The molecular formula is C22H24N4O. The zero-order valence-corrected chi connectivity index (χ0v) is 16.2. The Morgan fingerprint density at radius 3 is 2.44 bits per heavy atom. The van der Waals surface area contributed by atoms with Crippen molar-refractivity contribution in [2.24, 2.45) is 0 Å². The summed E-state index contributed by atoms with van der Waals surface area (Å²) in [5, 5.41) is 2.97. The molecule has 0 radical (unpaired) electrons. The van der Waals surface area contributed by atoms with Crippen LogP contribution in [0.5, 0.6) is 0 Å². The highest BCUT2D eigenvalue weighted by molar-refractivity contribution is 6.03. The van der Waals surface area contributed by atoms with Crippen LogP contribution in [0.3, 0.4) is 0 Å². The van der Waals surface area contributed by atoms with Gasteiger partial charge < -0.3 is 10.2 Å². The van der Waals surface area contributed by atoms with Gasteiger partial charge in [-0.25, -0.2) is 9.97 Å². The molecule has 138 valence electrons. The molecule has 1 heterocycles. The molecule has 5 nitrogen and oxygen atoms in total. The highest BCUT2D eigenvalue weighted by atomic mass is 16.1. The largest absolute Gasteiger partial charge is 0.320 e. The normalized spacial score (nSPS) is 10.5. The number of amides is 1. The molecule has 0 saturated carbocycles. The molecule has 0 bridgehead atoms. The van der Waals surface area contributed by atoms with Crippen molar-refractivity contribution < 1.29 is 4.79 Å². The Morgan fingerprint density at radius 2 is 1.74 bits per heavy atom. The van der Waals surface area contributed by atoms with Gasteiger partial charge in [0.25, 0.3) is 5.91 Å². The fourth-order valence-electron chi connectivity index (χ4n) is 2.91. The van der Waals surface area contributed by atoms with E-state index in [-0.39, 0.29) is 5.91 Å². The van der Waals surface area contributed by atoms with Gasteiger partial charge >= 0.3 is 0 Å². The molecule has 0 aliphatic carbocycles. The topological polar surface area (TPSA) is 58.1 Å².